The summed E-state index contributed by atoms with van der Waals surface area (Å²) < 4.78 is 5.35. The first-order valence-corrected chi connectivity index (χ1v) is 6.13. The smallest absolute Gasteiger partial charge is 0.269 e. The molecule has 0 heterocycles. The number of aldehydes is 1. The highest BCUT2D eigenvalue weighted by atomic mass is 16.5. The van der Waals surface area contributed by atoms with Crippen LogP contribution in [0.15, 0.2) is 12.1 Å². The van der Waals surface area contributed by atoms with Crippen molar-refractivity contribution in [3.05, 3.63) is 23.3 Å². The second-order valence-electron chi connectivity index (χ2n) is 4.35. The van der Waals surface area contributed by atoms with Gasteiger partial charge < -0.3 is 15.6 Å². The topological polar surface area (TPSA) is 105 Å². The minimum Gasteiger partial charge on any atom is -0.507 e. The first-order valence-electron chi connectivity index (χ1n) is 6.13. The van der Waals surface area contributed by atoms with Crippen molar-refractivity contribution in [2.75, 3.05) is 27.2 Å². The normalized spacial score (nSPS) is 10.4. The zero-order valence-electron chi connectivity index (χ0n) is 11.5. The molecule has 1 aromatic rings. The molecule has 0 bridgehead atoms. The summed E-state index contributed by atoms with van der Waals surface area (Å²) in [7, 11) is 3.28. The number of nitrogens with one attached hydrogen (secondary N) is 1. The van der Waals surface area contributed by atoms with Gasteiger partial charge in [0, 0.05) is 20.2 Å². The minimum atomic E-state index is -0.510. The van der Waals surface area contributed by atoms with Gasteiger partial charge in [0.2, 0.25) is 0 Å². The van der Waals surface area contributed by atoms with Crippen molar-refractivity contribution < 1.29 is 19.4 Å². The van der Waals surface area contributed by atoms with Crippen LogP contribution >= 0.6 is 0 Å². The number of nitrogens with two attached hydrogens (primary N) is 1. The van der Waals surface area contributed by atoms with Gasteiger partial charge in [0.05, 0.1) is 17.7 Å². The maximum atomic E-state index is 11.8. The molecule has 0 unspecified atom stereocenters. The third-order valence-corrected chi connectivity index (χ3v) is 2.43. The van der Waals surface area contributed by atoms with Gasteiger partial charge in [-0.1, -0.05) is 0 Å². The van der Waals surface area contributed by atoms with E-state index in [0.29, 0.717) is 25.9 Å². The summed E-state index contributed by atoms with van der Waals surface area (Å²) >= 11 is 0. The minimum absolute atomic E-state index is 0.00646. The van der Waals surface area contributed by atoms with E-state index in [-0.39, 0.29) is 22.6 Å². The van der Waals surface area contributed by atoms with E-state index >= 15 is 0 Å². The number of rotatable bonds is 7. The predicted octanol–water partition coefficient (Wildman–Crippen LogP) is 0.139. The quantitative estimate of drug-likeness (QED) is 0.373. The molecule has 0 atom stereocenters. The van der Waals surface area contributed by atoms with Crippen LogP contribution in [0.5, 0.6) is 11.5 Å². The Labute approximate surface area is 117 Å². The molecule has 1 amide bonds. The number of hydrogen-bond donors (Lipinski definition) is 3. The molecule has 1 rings (SSSR count). The predicted molar refractivity (Wildman–Crippen MR) is 73.8 cm³/mol. The summed E-state index contributed by atoms with van der Waals surface area (Å²) in [5.74, 6) is -0.533. The molecule has 0 aliphatic rings. The molecule has 0 saturated heterocycles. The van der Waals surface area contributed by atoms with Gasteiger partial charge in [-0.15, -0.1) is 0 Å². The fraction of sp³-hybridized carbons (Fsp3) is 0.385. The lowest BCUT2D eigenvalue weighted by molar-refractivity contribution is 0.0854. The van der Waals surface area contributed by atoms with Crippen molar-refractivity contribution in [2.45, 2.75) is 6.42 Å². The Bertz CT molecular complexity index is 489. The van der Waals surface area contributed by atoms with Crippen LogP contribution in [0.4, 0.5) is 0 Å². The van der Waals surface area contributed by atoms with Crippen molar-refractivity contribution in [3.63, 3.8) is 0 Å². The summed E-state index contributed by atoms with van der Waals surface area (Å²) in [4.78, 5) is 22.9. The molecule has 0 aliphatic carbocycles. The van der Waals surface area contributed by atoms with E-state index in [0.717, 1.165) is 0 Å². The number of benzene rings is 1. The van der Waals surface area contributed by atoms with Crippen LogP contribution in [-0.2, 0) is 0 Å². The Hall–Kier alpha value is -2.12. The lowest BCUT2D eigenvalue weighted by atomic mass is 10.1. The van der Waals surface area contributed by atoms with Crippen LogP contribution in [0.3, 0.4) is 0 Å². The Morgan fingerprint density at radius 1 is 1.50 bits per heavy atom. The number of nitrogens with zero attached hydrogens (tertiary/aromatic N) is 1. The van der Waals surface area contributed by atoms with Crippen LogP contribution < -0.4 is 15.9 Å². The molecule has 0 saturated carbocycles. The average molecular weight is 281 g/mol. The first kappa shape index (κ1) is 15.9. The fourth-order valence-electron chi connectivity index (χ4n) is 1.51. The highest BCUT2D eigenvalue weighted by Gasteiger charge is 2.16. The third-order valence-electron chi connectivity index (χ3n) is 2.43. The number of phenols is 1. The molecular weight excluding hydrogens is 262 g/mol. The van der Waals surface area contributed by atoms with E-state index in [1.54, 1.807) is 14.1 Å². The Morgan fingerprint density at radius 2 is 2.20 bits per heavy atom. The van der Waals surface area contributed by atoms with Crippen molar-refractivity contribution in [1.29, 1.82) is 0 Å². The van der Waals surface area contributed by atoms with E-state index in [1.807, 2.05) is 0 Å². The van der Waals surface area contributed by atoms with Gasteiger partial charge in [-0.05, 0) is 19.0 Å². The van der Waals surface area contributed by atoms with Crippen molar-refractivity contribution in [3.8, 4) is 11.5 Å². The lowest BCUT2D eigenvalue weighted by Crippen LogP contribution is -2.36. The maximum Gasteiger partial charge on any atom is 0.269 e. The number of phenolic OH excluding ortho intramolecular Hbond substituents is 1. The van der Waals surface area contributed by atoms with Crippen LogP contribution in [0.1, 0.15) is 27.1 Å². The highest BCUT2D eigenvalue weighted by molar-refractivity contribution is 5.98. The van der Waals surface area contributed by atoms with Gasteiger partial charge in [-0.25, -0.2) is 5.01 Å². The molecule has 0 aromatic heterocycles. The fourth-order valence-corrected chi connectivity index (χ4v) is 1.51. The molecular formula is C13H19N3O4. The average Bonchev–Trinajstić information content (AvgIpc) is 2.38. The summed E-state index contributed by atoms with van der Waals surface area (Å²) in [5, 5.41) is 11.3. The van der Waals surface area contributed by atoms with Crippen molar-refractivity contribution >= 4 is 12.2 Å². The molecule has 0 fully saturated rings. The van der Waals surface area contributed by atoms with Crippen LogP contribution in [0.2, 0.25) is 0 Å². The molecule has 110 valence electrons. The molecule has 0 aliphatic heterocycles. The van der Waals surface area contributed by atoms with Gasteiger partial charge >= 0.3 is 0 Å². The largest absolute Gasteiger partial charge is 0.507 e. The molecule has 0 radical (unpaired) electrons. The van der Waals surface area contributed by atoms with E-state index in [2.05, 4.69) is 5.43 Å². The van der Waals surface area contributed by atoms with Crippen molar-refractivity contribution in [1.82, 2.24) is 10.4 Å². The molecule has 7 heteroatoms. The zero-order valence-corrected chi connectivity index (χ0v) is 11.5. The molecule has 7 nitrogen and oxygen atoms in total. The number of aromatic hydroxyl groups is 1. The number of carbonyl (C=O) groups excluding carboxylic acids is 2. The van der Waals surface area contributed by atoms with Gasteiger partial charge in [0.1, 0.15) is 11.5 Å². The Kier molecular flexibility index (Phi) is 5.95. The lowest BCUT2D eigenvalue weighted by Gasteiger charge is -2.14. The first-order chi connectivity index (χ1) is 9.49. The number of amides is 1. The van der Waals surface area contributed by atoms with Gasteiger partial charge in [-0.2, -0.15) is 0 Å². The van der Waals surface area contributed by atoms with Gasteiger partial charge in [-0.3, -0.25) is 15.0 Å². The van der Waals surface area contributed by atoms with Gasteiger partial charge in [0.15, 0.2) is 6.29 Å². The van der Waals surface area contributed by atoms with Crippen LogP contribution in [0.25, 0.3) is 0 Å². The van der Waals surface area contributed by atoms with Crippen LogP contribution in [-0.4, -0.2) is 49.6 Å². The monoisotopic (exact) mass is 281 g/mol. The summed E-state index contributed by atoms with van der Waals surface area (Å²) in [6, 6.07) is 2.55. The van der Waals surface area contributed by atoms with E-state index < -0.39 is 5.91 Å². The molecule has 4 N–H and O–H groups in total. The van der Waals surface area contributed by atoms with Crippen LogP contribution in [0, 0.1) is 0 Å². The third kappa shape index (κ3) is 4.22. The number of hydrogen-bond acceptors (Lipinski definition) is 6. The van der Waals surface area contributed by atoms with E-state index in [9.17, 15) is 14.7 Å². The molecule has 20 heavy (non-hydrogen) atoms. The molecule has 0 spiro atoms. The van der Waals surface area contributed by atoms with E-state index in [1.165, 1.54) is 17.1 Å². The standard InChI is InChI=1S/C13H19N3O4/c1-16(2)15-13(19)10-6-9(8-17)12(7-11(10)18)20-5-3-4-14/h6-8,18H,3-5,14H2,1-2H3,(H,15,19). The molecule has 1 aromatic carbocycles. The van der Waals surface area contributed by atoms with Gasteiger partial charge in [0.25, 0.3) is 5.91 Å². The Balaban J connectivity index is 3.00. The highest BCUT2D eigenvalue weighted by Crippen LogP contribution is 2.27. The summed E-state index contributed by atoms with van der Waals surface area (Å²) in [6.07, 6.45) is 1.20. The second-order valence-corrected chi connectivity index (χ2v) is 4.35. The number of carbonyl (C=O) groups is 2. The number of ether oxygens (including phenoxy) is 1. The maximum absolute atomic E-state index is 11.8. The zero-order chi connectivity index (χ0) is 15.1. The van der Waals surface area contributed by atoms with Crippen molar-refractivity contribution in [2.24, 2.45) is 5.73 Å². The van der Waals surface area contributed by atoms with E-state index in [4.69, 9.17) is 10.5 Å². The number of hydrazine groups is 1. The summed E-state index contributed by atoms with van der Waals surface area (Å²) in [5.41, 5.74) is 8.04. The summed E-state index contributed by atoms with van der Waals surface area (Å²) in [6.45, 7) is 0.797. The SMILES string of the molecule is CN(C)NC(=O)c1cc(C=O)c(OCCCN)cc1O. The Morgan fingerprint density at radius 3 is 2.75 bits per heavy atom. The second kappa shape index (κ2) is 7.46.